The van der Waals surface area contributed by atoms with Gasteiger partial charge in [-0.2, -0.15) is 0 Å². The summed E-state index contributed by atoms with van der Waals surface area (Å²) in [4.78, 5) is 0. The molecular formula is C7H14O3. The molecule has 0 aliphatic carbocycles. The molecule has 1 saturated heterocycles. The number of methoxy groups -OCH3 is 1. The van der Waals surface area contributed by atoms with Crippen molar-refractivity contribution in [2.24, 2.45) is 0 Å². The first kappa shape index (κ1) is 7.98. The van der Waals surface area contributed by atoms with Gasteiger partial charge >= 0.3 is 0 Å². The highest BCUT2D eigenvalue weighted by Crippen LogP contribution is 2.06. The van der Waals surface area contributed by atoms with Crippen molar-refractivity contribution in [1.82, 2.24) is 0 Å². The van der Waals surface area contributed by atoms with Crippen LogP contribution in [0.3, 0.4) is 0 Å². The zero-order chi connectivity index (χ0) is 7.40. The topological polar surface area (TPSA) is 27.7 Å². The summed E-state index contributed by atoms with van der Waals surface area (Å²) >= 11 is 0. The lowest BCUT2D eigenvalue weighted by atomic mass is 10.3. The maximum Gasteiger partial charge on any atom is 0.105 e. The molecule has 1 aliphatic rings. The van der Waals surface area contributed by atoms with Gasteiger partial charge in [0.05, 0.1) is 25.9 Å². The van der Waals surface area contributed by atoms with Crippen molar-refractivity contribution >= 4 is 0 Å². The van der Waals surface area contributed by atoms with Gasteiger partial charge in [-0.15, -0.1) is 0 Å². The number of hydrogen-bond acceptors (Lipinski definition) is 3. The van der Waals surface area contributed by atoms with E-state index < -0.39 is 0 Å². The lowest BCUT2D eigenvalue weighted by molar-refractivity contribution is -0.147. The summed E-state index contributed by atoms with van der Waals surface area (Å²) in [6, 6.07) is 0. The van der Waals surface area contributed by atoms with Crippen molar-refractivity contribution < 1.29 is 14.2 Å². The fourth-order valence-corrected chi connectivity index (χ4v) is 1.05. The van der Waals surface area contributed by atoms with Crippen LogP contribution >= 0.6 is 0 Å². The molecule has 0 aromatic carbocycles. The summed E-state index contributed by atoms with van der Waals surface area (Å²) in [6.45, 7) is 4.00. The molecule has 3 nitrogen and oxygen atoms in total. The number of hydrogen-bond donors (Lipinski definition) is 0. The second-order valence-corrected chi connectivity index (χ2v) is 2.56. The van der Waals surface area contributed by atoms with Gasteiger partial charge in [-0.3, -0.25) is 0 Å². The van der Waals surface area contributed by atoms with Crippen LogP contribution in [0.25, 0.3) is 0 Å². The third-order valence-electron chi connectivity index (χ3n) is 1.43. The lowest BCUT2D eigenvalue weighted by Gasteiger charge is -2.27. The molecule has 10 heavy (non-hydrogen) atoms. The van der Waals surface area contributed by atoms with Gasteiger partial charge in [-0.05, 0) is 6.92 Å². The first-order chi connectivity index (χ1) is 4.83. The number of ether oxygens (including phenoxy) is 3. The van der Waals surface area contributed by atoms with Gasteiger partial charge in [0.25, 0.3) is 0 Å². The second-order valence-electron chi connectivity index (χ2n) is 2.56. The third-order valence-corrected chi connectivity index (χ3v) is 1.43. The zero-order valence-electron chi connectivity index (χ0n) is 6.50. The van der Waals surface area contributed by atoms with E-state index in [1.807, 2.05) is 6.92 Å². The molecule has 2 unspecified atom stereocenters. The molecule has 1 fully saturated rings. The van der Waals surface area contributed by atoms with E-state index in [2.05, 4.69) is 0 Å². The third kappa shape index (κ3) is 2.25. The van der Waals surface area contributed by atoms with Gasteiger partial charge in [0.1, 0.15) is 6.10 Å². The van der Waals surface area contributed by atoms with Gasteiger partial charge in [-0.1, -0.05) is 0 Å². The van der Waals surface area contributed by atoms with E-state index in [1.54, 1.807) is 7.11 Å². The SMILES string of the molecule is COCC1COCC(C)O1. The van der Waals surface area contributed by atoms with Crippen molar-refractivity contribution in [2.45, 2.75) is 19.1 Å². The van der Waals surface area contributed by atoms with E-state index in [9.17, 15) is 0 Å². The first-order valence-corrected chi connectivity index (χ1v) is 3.55. The van der Waals surface area contributed by atoms with Crippen molar-refractivity contribution in [3.8, 4) is 0 Å². The predicted octanol–water partition coefficient (Wildman–Crippen LogP) is 0.437. The van der Waals surface area contributed by atoms with Gasteiger partial charge in [0.15, 0.2) is 0 Å². The summed E-state index contributed by atoms with van der Waals surface area (Å²) < 4.78 is 15.6. The molecule has 0 saturated carbocycles. The van der Waals surface area contributed by atoms with Crippen molar-refractivity contribution in [3.05, 3.63) is 0 Å². The molecule has 1 rings (SSSR count). The van der Waals surface area contributed by atoms with Crippen molar-refractivity contribution in [3.63, 3.8) is 0 Å². The van der Waals surface area contributed by atoms with Gasteiger partial charge in [-0.25, -0.2) is 0 Å². The van der Waals surface area contributed by atoms with E-state index >= 15 is 0 Å². The zero-order valence-corrected chi connectivity index (χ0v) is 6.50. The Morgan fingerprint density at radius 2 is 2.30 bits per heavy atom. The molecule has 1 aliphatic heterocycles. The van der Waals surface area contributed by atoms with E-state index in [0.29, 0.717) is 19.8 Å². The average Bonchev–Trinajstić information content (AvgIpc) is 1.88. The Labute approximate surface area is 61.3 Å². The summed E-state index contributed by atoms with van der Waals surface area (Å²) in [5.74, 6) is 0. The highest BCUT2D eigenvalue weighted by atomic mass is 16.6. The largest absolute Gasteiger partial charge is 0.382 e. The van der Waals surface area contributed by atoms with Crippen LogP contribution in [0.5, 0.6) is 0 Å². The van der Waals surface area contributed by atoms with E-state index in [4.69, 9.17) is 14.2 Å². The normalized spacial score (nSPS) is 34.2. The van der Waals surface area contributed by atoms with Crippen LogP contribution in [0.4, 0.5) is 0 Å². The molecule has 60 valence electrons. The van der Waals surface area contributed by atoms with Crippen molar-refractivity contribution in [2.75, 3.05) is 26.9 Å². The minimum absolute atomic E-state index is 0.133. The van der Waals surface area contributed by atoms with Crippen LogP contribution in [0.15, 0.2) is 0 Å². The van der Waals surface area contributed by atoms with Gasteiger partial charge in [0.2, 0.25) is 0 Å². The smallest absolute Gasteiger partial charge is 0.105 e. The van der Waals surface area contributed by atoms with Crippen molar-refractivity contribution in [1.29, 1.82) is 0 Å². The first-order valence-electron chi connectivity index (χ1n) is 3.55. The molecule has 0 bridgehead atoms. The van der Waals surface area contributed by atoms with Crippen LogP contribution in [-0.2, 0) is 14.2 Å². The average molecular weight is 146 g/mol. The maximum atomic E-state index is 5.48. The molecule has 1 heterocycles. The summed E-state index contributed by atoms with van der Waals surface area (Å²) in [6.07, 6.45) is 0.350. The fraction of sp³-hybridized carbons (Fsp3) is 1.00. The molecule has 2 atom stereocenters. The molecular weight excluding hydrogens is 132 g/mol. The highest BCUT2D eigenvalue weighted by molar-refractivity contribution is 4.63. The number of rotatable bonds is 2. The molecule has 0 aromatic rings. The van der Waals surface area contributed by atoms with Crippen LogP contribution in [-0.4, -0.2) is 39.1 Å². The Morgan fingerprint density at radius 3 is 2.90 bits per heavy atom. The highest BCUT2D eigenvalue weighted by Gasteiger charge is 2.18. The minimum Gasteiger partial charge on any atom is -0.382 e. The summed E-state index contributed by atoms with van der Waals surface area (Å²) in [5.41, 5.74) is 0. The van der Waals surface area contributed by atoms with Gasteiger partial charge in [0, 0.05) is 7.11 Å². The Balaban J connectivity index is 2.18. The summed E-state index contributed by atoms with van der Waals surface area (Å²) in [5, 5.41) is 0. The van der Waals surface area contributed by atoms with Crippen LogP contribution in [0, 0.1) is 0 Å². The fourth-order valence-electron chi connectivity index (χ4n) is 1.05. The molecule has 0 N–H and O–H groups in total. The summed E-state index contributed by atoms with van der Waals surface area (Å²) in [7, 11) is 1.67. The Morgan fingerprint density at radius 1 is 1.50 bits per heavy atom. The Hall–Kier alpha value is -0.120. The molecule has 0 aromatic heterocycles. The quantitative estimate of drug-likeness (QED) is 0.565. The Bertz CT molecular complexity index is 92.9. The van der Waals surface area contributed by atoms with E-state index in [0.717, 1.165) is 0 Å². The second kappa shape index (κ2) is 3.91. The molecule has 0 amide bonds. The molecule has 3 heteroatoms. The lowest BCUT2D eigenvalue weighted by Crippen LogP contribution is -2.37. The molecule has 0 radical (unpaired) electrons. The van der Waals surface area contributed by atoms with E-state index in [-0.39, 0.29) is 12.2 Å². The van der Waals surface area contributed by atoms with Gasteiger partial charge < -0.3 is 14.2 Å². The van der Waals surface area contributed by atoms with Crippen LogP contribution in [0.1, 0.15) is 6.92 Å². The predicted molar refractivity (Wildman–Crippen MR) is 37.0 cm³/mol. The maximum absolute atomic E-state index is 5.48. The molecule has 0 spiro atoms. The Kier molecular flexibility index (Phi) is 3.12. The van der Waals surface area contributed by atoms with Crippen LogP contribution < -0.4 is 0 Å². The van der Waals surface area contributed by atoms with Crippen LogP contribution in [0.2, 0.25) is 0 Å². The van der Waals surface area contributed by atoms with E-state index in [1.165, 1.54) is 0 Å². The minimum atomic E-state index is 0.133. The monoisotopic (exact) mass is 146 g/mol. The standard InChI is InChI=1S/C7H14O3/c1-6-3-9-5-7(10-6)4-8-2/h6-7H,3-5H2,1-2H3.